The number of likely N-dealkylation sites (N-methyl/N-ethyl adjacent to an activating group) is 1. The van der Waals surface area contributed by atoms with E-state index in [9.17, 15) is 0 Å². The van der Waals surface area contributed by atoms with E-state index in [1.807, 2.05) is 30.9 Å². The van der Waals surface area contributed by atoms with E-state index in [4.69, 9.17) is 5.73 Å². The van der Waals surface area contributed by atoms with E-state index in [-0.39, 0.29) is 6.04 Å². The molecule has 2 heterocycles. The minimum atomic E-state index is 0.196. The van der Waals surface area contributed by atoms with E-state index in [0.29, 0.717) is 6.54 Å². The zero-order valence-corrected chi connectivity index (χ0v) is 12.2. The third kappa shape index (κ3) is 3.43. The van der Waals surface area contributed by atoms with Crippen LogP contribution in [-0.2, 0) is 13.0 Å². The third-order valence-corrected chi connectivity index (χ3v) is 3.63. The maximum Gasteiger partial charge on any atom is 0.0948 e. The molecule has 0 aliphatic rings. The topological polar surface area (TPSA) is 60.0 Å². The van der Waals surface area contributed by atoms with Crippen LogP contribution in [0.4, 0.5) is 0 Å². The van der Waals surface area contributed by atoms with Gasteiger partial charge in [-0.2, -0.15) is 0 Å². The summed E-state index contributed by atoms with van der Waals surface area (Å²) in [4.78, 5) is 10.9. The van der Waals surface area contributed by atoms with Gasteiger partial charge in [0.25, 0.3) is 0 Å². The molecule has 1 unspecified atom stereocenters. The summed E-state index contributed by atoms with van der Waals surface area (Å²) in [5, 5.41) is 0. The summed E-state index contributed by atoms with van der Waals surface area (Å²) in [5.41, 5.74) is 8.25. The third-order valence-electron chi connectivity index (χ3n) is 3.63. The average Bonchev–Trinajstić information content (AvgIpc) is 2.95. The lowest BCUT2D eigenvalue weighted by molar-refractivity contribution is 0.243. The molecule has 5 heteroatoms. The largest absolute Gasteiger partial charge is 0.333 e. The Labute approximate surface area is 120 Å². The normalized spacial score (nSPS) is 12.8. The molecule has 20 heavy (non-hydrogen) atoms. The first kappa shape index (κ1) is 14.7. The fourth-order valence-corrected chi connectivity index (χ4v) is 2.39. The van der Waals surface area contributed by atoms with E-state index in [2.05, 4.69) is 39.5 Å². The van der Waals surface area contributed by atoms with Gasteiger partial charge in [0, 0.05) is 44.1 Å². The summed E-state index contributed by atoms with van der Waals surface area (Å²) in [6.07, 6.45) is 6.54. The number of nitrogens with zero attached hydrogens (tertiary/aromatic N) is 4. The molecule has 2 aromatic rings. The van der Waals surface area contributed by atoms with Gasteiger partial charge in [-0.15, -0.1) is 0 Å². The zero-order chi connectivity index (χ0) is 14.4. The minimum absolute atomic E-state index is 0.196. The molecule has 2 rings (SSSR count). The van der Waals surface area contributed by atoms with Gasteiger partial charge >= 0.3 is 0 Å². The van der Waals surface area contributed by atoms with Crippen LogP contribution in [-0.4, -0.2) is 39.6 Å². The SMILES string of the molecule is CCn1cncc1C(CN)N(C)CCc1ccccn1. The second-order valence-electron chi connectivity index (χ2n) is 4.91. The molecule has 2 N–H and O–H groups in total. The Morgan fingerprint density at radius 1 is 1.40 bits per heavy atom. The van der Waals surface area contributed by atoms with Crippen molar-refractivity contribution in [2.24, 2.45) is 5.73 Å². The van der Waals surface area contributed by atoms with E-state index in [0.717, 1.165) is 25.2 Å². The molecule has 0 aliphatic carbocycles. The van der Waals surface area contributed by atoms with Crippen molar-refractivity contribution >= 4 is 0 Å². The number of imidazole rings is 1. The van der Waals surface area contributed by atoms with E-state index < -0.39 is 0 Å². The lowest BCUT2D eigenvalue weighted by Gasteiger charge is -2.27. The number of hydrogen-bond donors (Lipinski definition) is 1. The molecule has 0 radical (unpaired) electrons. The van der Waals surface area contributed by atoms with Crippen LogP contribution >= 0.6 is 0 Å². The van der Waals surface area contributed by atoms with Gasteiger partial charge in [-0.3, -0.25) is 9.88 Å². The second-order valence-corrected chi connectivity index (χ2v) is 4.91. The molecule has 0 amide bonds. The fraction of sp³-hybridized carbons (Fsp3) is 0.467. The molecule has 1 atom stereocenters. The molecule has 0 spiro atoms. The van der Waals surface area contributed by atoms with Gasteiger partial charge in [0.05, 0.1) is 18.1 Å². The number of pyridine rings is 1. The smallest absolute Gasteiger partial charge is 0.0948 e. The van der Waals surface area contributed by atoms with Crippen LogP contribution in [0, 0.1) is 0 Å². The quantitative estimate of drug-likeness (QED) is 0.830. The number of nitrogens with two attached hydrogens (primary N) is 1. The van der Waals surface area contributed by atoms with Crippen molar-refractivity contribution in [3.8, 4) is 0 Å². The van der Waals surface area contributed by atoms with Crippen LogP contribution in [0.5, 0.6) is 0 Å². The highest BCUT2D eigenvalue weighted by molar-refractivity contribution is 5.07. The van der Waals surface area contributed by atoms with Crippen molar-refractivity contribution in [3.63, 3.8) is 0 Å². The fourth-order valence-electron chi connectivity index (χ4n) is 2.39. The Balaban J connectivity index is 2.00. The molecule has 0 saturated heterocycles. The Bertz CT molecular complexity index is 508. The van der Waals surface area contributed by atoms with Crippen molar-refractivity contribution in [2.75, 3.05) is 20.1 Å². The molecule has 0 saturated carbocycles. The van der Waals surface area contributed by atoms with E-state index in [1.165, 1.54) is 5.69 Å². The van der Waals surface area contributed by atoms with Crippen LogP contribution < -0.4 is 5.73 Å². The molecule has 0 aromatic carbocycles. The lowest BCUT2D eigenvalue weighted by Crippen LogP contribution is -2.33. The van der Waals surface area contributed by atoms with Crippen molar-refractivity contribution < 1.29 is 0 Å². The summed E-state index contributed by atoms with van der Waals surface area (Å²) in [6.45, 7) is 4.55. The summed E-state index contributed by atoms with van der Waals surface area (Å²) in [5.74, 6) is 0. The van der Waals surface area contributed by atoms with E-state index in [1.54, 1.807) is 0 Å². The lowest BCUT2D eigenvalue weighted by atomic mass is 10.1. The predicted molar refractivity (Wildman–Crippen MR) is 80.3 cm³/mol. The molecule has 2 aromatic heterocycles. The second kappa shape index (κ2) is 7.17. The monoisotopic (exact) mass is 273 g/mol. The number of aromatic nitrogens is 3. The first-order valence-electron chi connectivity index (χ1n) is 7.06. The molecule has 0 fully saturated rings. The Hall–Kier alpha value is -1.72. The van der Waals surface area contributed by atoms with Gasteiger partial charge in [-0.25, -0.2) is 4.98 Å². The summed E-state index contributed by atoms with van der Waals surface area (Å²) >= 11 is 0. The Kier molecular flexibility index (Phi) is 5.26. The molecule has 0 bridgehead atoms. The Morgan fingerprint density at radius 3 is 2.90 bits per heavy atom. The standard InChI is InChI=1S/C15H23N5/c1-3-20-12-17-11-15(20)14(10-16)19(2)9-7-13-6-4-5-8-18-13/h4-6,8,11-12,14H,3,7,9-10,16H2,1-2H3. The van der Waals surface area contributed by atoms with Gasteiger partial charge in [0.1, 0.15) is 0 Å². The van der Waals surface area contributed by atoms with Gasteiger partial charge in [-0.05, 0) is 26.1 Å². The van der Waals surface area contributed by atoms with Crippen LogP contribution in [0.3, 0.4) is 0 Å². The van der Waals surface area contributed by atoms with Crippen LogP contribution in [0.25, 0.3) is 0 Å². The van der Waals surface area contributed by atoms with E-state index >= 15 is 0 Å². The molecule has 0 aliphatic heterocycles. The van der Waals surface area contributed by atoms with Gasteiger partial charge in [0.2, 0.25) is 0 Å². The molecule has 5 nitrogen and oxygen atoms in total. The van der Waals surface area contributed by atoms with Crippen molar-refractivity contribution in [2.45, 2.75) is 25.9 Å². The molecule has 108 valence electrons. The minimum Gasteiger partial charge on any atom is -0.333 e. The Morgan fingerprint density at radius 2 is 2.25 bits per heavy atom. The van der Waals surface area contributed by atoms with Gasteiger partial charge in [-0.1, -0.05) is 6.07 Å². The summed E-state index contributed by atoms with van der Waals surface area (Å²) in [6, 6.07) is 6.22. The number of aryl methyl sites for hydroxylation is 1. The first-order valence-corrected chi connectivity index (χ1v) is 7.06. The average molecular weight is 273 g/mol. The highest BCUT2D eigenvalue weighted by Gasteiger charge is 2.18. The highest BCUT2D eigenvalue weighted by Crippen LogP contribution is 2.18. The van der Waals surface area contributed by atoms with Gasteiger partial charge in [0.15, 0.2) is 0 Å². The van der Waals surface area contributed by atoms with Gasteiger partial charge < -0.3 is 10.3 Å². The maximum absolute atomic E-state index is 5.96. The molecular formula is C15H23N5. The summed E-state index contributed by atoms with van der Waals surface area (Å²) < 4.78 is 2.15. The van der Waals surface area contributed by atoms with Crippen molar-refractivity contribution in [3.05, 3.63) is 48.3 Å². The summed E-state index contributed by atoms with van der Waals surface area (Å²) in [7, 11) is 2.10. The number of rotatable bonds is 7. The van der Waals surface area contributed by atoms with Crippen LogP contribution in [0.15, 0.2) is 36.9 Å². The first-order chi connectivity index (χ1) is 9.76. The van der Waals surface area contributed by atoms with Crippen LogP contribution in [0.2, 0.25) is 0 Å². The van der Waals surface area contributed by atoms with Crippen LogP contribution in [0.1, 0.15) is 24.4 Å². The highest BCUT2D eigenvalue weighted by atomic mass is 15.2. The maximum atomic E-state index is 5.96. The molecular weight excluding hydrogens is 250 g/mol. The number of hydrogen-bond acceptors (Lipinski definition) is 4. The zero-order valence-electron chi connectivity index (χ0n) is 12.2. The van der Waals surface area contributed by atoms with Crippen molar-refractivity contribution in [1.82, 2.24) is 19.4 Å². The predicted octanol–water partition coefficient (Wildman–Crippen LogP) is 1.47. The van der Waals surface area contributed by atoms with Crippen molar-refractivity contribution in [1.29, 1.82) is 0 Å².